The summed E-state index contributed by atoms with van der Waals surface area (Å²) in [6.45, 7) is 0.940. The third-order valence-corrected chi connectivity index (χ3v) is 5.22. The second-order valence-electron chi connectivity index (χ2n) is 6.67. The van der Waals surface area contributed by atoms with Gasteiger partial charge in [0.15, 0.2) is 11.5 Å². The number of carbonyl (C=O) groups is 2. The van der Waals surface area contributed by atoms with Crippen LogP contribution in [0.15, 0.2) is 12.1 Å². The molecule has 0 saturated heterocycles. The Hall–Kier alpha value is -1.95. The van der Waals surface area contributed by atoms with Gasteiger partial charge in [0.05, 0.1) is 6.42 Å². The Morgan fingerprint density at radius 2 is 1.68 bits per heavy atom. The quantitative estimate of drug-likeness (QED) is 0.800. The third kappa shape index (κ3) is 4.00. The van der Waals surface area contributed by atoms with Crippen molar-refractivity contribution in [3.05, 3.63) is 22.7 Å². The third-order valence-electron chi connectivity index (χ3n) is 4.87. The Morgan fingerprint density at radius 3 is 2.28 bits per heavy atom. The first kappa shape index (κ1) is 17.9. The molecule has 2 amide bonds. The van der Waals surface area contributed by atoms with Crippen molar-refractivity contribution in [1.29, 1.82) is 0 Å². The molecule has 0 radical (unpaired) electrons. The van der Waals surface area contributed by atoms with Crippen LogP contribution in [0.3, 0.4) is 0 Å². The van der Waals surface area contributed by atoms with E-state index in [1.165, 1.54) is 0 Å². The molecule has 1 saturated carbocycles. The number of hydrogen-bond donors (Lipinski definition) is 2. The van der Waals surface area contributed by atoms with Crippen molar-refractivity contribution in [2.24, 2.45) is 5.73 Å². The van der Waals surface area contributed by atoms with Crippen LogP contribution in [-0.4, -0.2) is 30.6 Å². The van der Waals surface area contributed by atoms with Gasteiger partial charge in [0, 0.05) is 11.1 Å². The lowest BCUT2D eigenvalue weighted by Crippen LogP contribution is -2.57. The number of benzene rings is 1. The average Bonchev–Trinajstić information content (AvgIpc) is 2.82. The highest BCUT2D eigenvalue weighted by atomic mass is 35.5. The molecule has 1 fully saturated rings. The van der Waals surface area contributed by atoms with E-state index in [9.17, 15) is 9.59 Å². The van der Waals surface area contributed by atoms with Crippen LogP contribution in [0, 0.1) is 0 Å². The zero-order chi connectivity index (χ0) is 17.9. The summed E-state index contributed by atoms with van der Waals surface area (Å²) in [6, 6.07) is 3.38. The van der Waals surface area contributed by atoms with Gasteiger partial charge in [-0.3, -0.25) is 9.59 Å². The van der Waals surface area contributed by atoms with Crippen LogP contribution in [0.25, 0.3) is 0 Å². The molecule has 0 atom stereocenters. The molecule has 3 rings (SSSR count). The van der Waals surface area contributed by atoms with Crippen LogP contribution >= 0.6 is 11.6 Å². The van der Waals surface area contributed by atoms with Crippen LogP contribution in [0.4, 0.5) is 0 Å². The second kappa shape index (κ2) is 7.52. The molecule has 1 aromatic rings. The van der Waals surface area contributed by atoms with Gasteiger partial charge in [0.25, 0.3) is 0 Å². The largest absolute Gasteiger partial charge is 0.486 e. The number of rotatable bonds is 4. The minimum atomic E-state index is -0.951. The van der Waals surface area contributed by atoms with Crippen molar-refractivity contribution >= 4 is 23.4 Å². The Labute approximate surface area is 152 Å². The number of amides is 2. The van der Waals surface area contributed by atoms with Crippen molar-refractivity contribution in [2.45, 2.75) is 50.5 Å². The number of halogens is 1. The van der Waals surface area contributed by atoms with Gasteiger partial charge in [-0.1, -0.05) is 37.3 Å². The summed E-state index contributed by atoms with van der Waals surface area (Å²) in [5.74, 6) is 0.436. The number of primary amides is 1. The van der Waals surface area contributed by atoms with E-state index in [1.807, 2.05) is 0 Å². The topological polar surface area (TPSA) is 90.7 Å². The van der Waals surface area contributed by atoms with E-state index >= 15 is 0 Å². The molecule has 0 unspecified atom stereocenters. The number of nitrogens with one attached hydrogen (secondary N) is 1. The van der Waals surface area contributed by atoms with Crippen molar-refractivity contribution in [1.82, 2.24) is 5.32 Å². The van der Waals surface area contributed by atoms with Crippen LogP contribution in [0.5, 0.6) is 11.5 Å². The second-order valence-corrected chi connectivity index (χ2v) is 7.08. The maximum Gasteiger partial charge on any atom is 0.243 e. The fraction of sp³-hybridized carbons (Fsp3) is 0.556. The summed E-state index contributed by atoms with van der Waals surface area (Å²) in [5, 5.41) is 3.32. The highest BCUT2D eigenvalue weighted by Crippen LogP contribution is 2.35. The Balaban J connectivity index is 1.74. The molecule has 1 aliphatic heterocycles. The van der Waals surface area contributed by atoms with Crippen LogP contribution in [-0.2, 0) is 16.0 Å². The molecule has 1 aliphatic carbocycles. The van der Waals surface area contributed by atoms with E-state index in [0.717, 1.165) is 25.7 Å². The van der Waals surface area contributed by atoms with Crippen molar-refractivity contribution in [3.8, 4) is 11.5 Å². The number of fused-ring (bicyclic) bond motifs is 1. The Bertz CT molecular complexity index is 669. The normalized spacial score (nSPS) is 18.9. The van der Waals surface area contributed by atoms with Gasteiger partial charge in [-0.15, -0.1) is 0 Å². The minimum absolute atomic E-state index is 0.0600. The summed E-state index contributed by atoms with van der Waals surface area (Å²) >= 11 is 6.26. The van der Waals surface area contributed by atoms with Crippen LogP contribution in [0.2, 0.25) is 5.02 Å². The van der Waals surface area contributed by atoms with E-state index in [0.29, 0.717) is 48.1 Å². The van der Waals surface area contributed by atoms with Gasteiger partial charge < -0.3 is 20.5 Å². The monoisotopic (exact) mass is 366 g/mol. The summed E-state index contributed by atoms with van der Waals surface area (Å²) < 4.78 is 11.0. The van der Waals surface area contributed by atoms with Gasteiger partial charge in [-0.25, -0.2) is 0 Å². The van der Waals surface area contributed by atoms with E-state index < -0.39 is 11.4 Å². The molecule has 7 heteroatoms. The molecule has 1 heterocycles. The minimum Gasteiger partial charge on any atom is -0.486 e. The molecule has 25 heavy (non-hydrogen) atoms. The molecule has 0 aromatic heterocycles. The zero-order valence-corrected chi connectivity index (χ0v) is 14.9. The summed E-state index contributed by atoms with van der Waals surface area (Å²) in [4.78, 5) is 24.6. The first-order valence-electron chi connectivity index (χ1n) is 8.69. The molecule has 2 aliphatic rings. The van der Waals surface area contributed by atoms with Gasteiger partial charge in [-0.2, -0.15) is 0 Å². The number of nitrogens with two attached hydrogens (primary N) is 1. The predicted molar refractivity (Wildman–Crippen MR) is 93.9 cm³/mol. The van der Waals surface area contributed by atoms with Crippen molar-refractivity contribution < 1.29 is 19.1 Å². The first-order chi connectivity index (χ1) is 12.0. The number of ether oxygens (including phenoxy) is 2. The van der Waals surface area contributed by atoms with E-state index in [1.54, 1.807) is 12.1 Å². The van der Waals surface area contributed by atoms with Crippen LogP contribution in [0.1, 0.15) is 44.1 Å². The molecular weight excluding hydrogens is 344 g/mol. The molecule has 3 N–H and O–H groups in total. The highest BCUT2D eigenvalue weighted by Gasteiger charge is 2.38. The summed E-state index contributed by atoms with van der Waals surface area (Å²) in [5.41, 5.74) is 5.30. The van der Waals surface area contributed by atoms with Crippen molar-refractivity contribution in [3.63, 3.8) is 0 Å². The smallest absolute Gasteiger partial charge is 0.243 e. The predicted octanol–water partition coefficient (Wildman–Crippen LogP) is 2.35. The molecule has 6 nitrogen and oxygen atoms in total. The lowest BCUT2D eigenvalue weighted by Gasteiger charge is -2.30. The highest BCUT2D eigenvalue weighted by molar-refractivity contribution is 6.31. The van der Waals surface area contributed by atoms with Gasteiger partial charge >= 0.3 is 0 Å². The zero-order valence-electron chi connectivity index (χ0n) is 14.1. The summed E-state index contributed by atoms with van der Waals surface area (Å²) in [6.07, 6.45) is 5.11. The SMILES string of the molecule is NC(=O)C1(NC(=O)Cc2cc3c(cc2Cl)OCCO3)CCCCCC1. The standard InChI is InChI=1S/C18H23ClN2O4/c19-13-11-15-14(24-7-8-25-15)9-12(13)10-16(22)21-18(17(20)23)5-3-1-2-4-6-18/h9,11H,1-8,10H2,(H2,20,23)(H,21,22). The van der Waals surface area contributed by atoms with E-state index in [4.69, 9.17) is 26.8 Å². The van der Waals surface area contributed by atoms with E-state index in [-0.39, 0.29) is 12.3 Å². The number of hydrogen-bond acceptors (Lipinski definition) is 4. The van der Waals surface area contributed by atoms with Gasteiger partial charge in [-0.05, 0) is 24.5 Å². The Kier molecular flexibility index (Phi) is 5.37. The van der Waals surface area contributed by atoms with Gasteiger partial charge in [0.1, 0.15) is 18.8 Å². The molecule has 1 aromatic carbocycles. The fourth-order valence-corrected chi connectivity index (χ4v) is 3.71. The molecule has 136 valence electrons. The van der Waals surface area contributed by atoms with E-state index in [2.05, 4.69) is 5.32 Å². The maximum absolute atomic E-state index is 12.6. The number of carbonyl (C=O) groups excluding carboxylic acids is 2. The molecular formula is C18H23ClN2O4. The molecule has 0 bridgehead atoms. The Morgan fingerprint density at radius 1 is 1.08 bits per heavy atom. The van der Waals surface area contributed by atoms with Gasteiger partial charge in [0.2, 0.25) is 11.8 Å². The average molecular weight is 367 g/mol. The maximum atomic E-state index is 12.6. The molecule has 0 spiro atoms. The van der Waals surface area contributed by atoms with Crippen LogP contribution < -0.4 is 20.5 Å². The fourth-order valence-electron chi connectivity index (χ4n) is 3.49. The summed E-state index contributed by atoms with van der Waals surface area (Å²) in [7, 11) is 0. The lowest BCUT2D eigenvalue weighted by atomic mass is 9.89. The lowest BCUT2D eigenvalue weighted by molar-refractivity contribution is -0.131. The first-order valence-corrected chi connectivity index (χ1v) is 9.07. The van der Waals surface area contributed by atoms with Crippen molar-refractivity contribution in [2.75, 3.05) is 13.2 Å².